The second-order valence-corrected chi connectivity index (χ2v) is 6.65. The average Bonchev–Trinajstić information content (AvgIpc) is 3.12. The number of aryl methyl sites for hydroxylation is 1. The molecule has 1 aliphatic rings. The molecule has 1 aliphatic heterocycles. The second-order valence-electron chi connectivity index (χ2n) is 6.65. The molecule has 0 saturated carbocycles. The molecule has 1 fully saturated rings. The van der Waals surface area contributed by atoms with Gasteiger partial charge in [-0.05, 0) is 43.3 Å². The molecule has 2 heterocycles. The molecule has 1 N–H and O–H groups in total. The molecule has 0 atom stereocenters. The Hall–Kier alpha value is -2.86. The quantitative estimate of drug-likeness (QED) is 0.780. The standard InChI is InChI=1S/C20H22N4O2/c1-15-2-4-16(5-3-15)20-22-21-19(26-20)14-23-10-12-24(13-11-23)17-6-8-18(25)9-7-17/h2-9,25H,10-14H2,1H3. The van der Waals surface area contributed by atoms with E-state index in [1.165, 1.54) is 5.56 Å². The Morgan fingerprint density at radius 1 is 0.923 bits per heavy atom. The number of phenolic OH excluding ortho intramolecular Hbond substituents is 1. The number of piperazine rings is 1. The first kappa shape index (κ1) is 16.6. The van der Waals surface area contributed by atoms with Gasteiger partial charge in [0, 0.05) is 37.4 Å². The number of aromatic hydroxyl groups is 1. The van der Waals surface area contributed by atoms with Crippen molar-refractivity contribution in [1.82, 2.24) is 15.1 Å². The zero-order valence-electron chi connectivity index (χ0n) is 14.8. The van der Waals surface area contributed by atoms with Gasteiger partial charge in [0.15, 0.2) is 0 Å². The smallest absolute Gasteiger partial charge is 0.247 e. The first-order valence-electron chi connectivity index (χ1n) is 8.83. The van der Waals surface area contributed by atoms with E-state index < -0.39 is 0 Å². The summed E-state index contributed by atoms with van der Waals surface area (Å²) in [6.45, 7) is 6.46. The van der Waals surface area contributed by atoms with Crippen LogP contribution in [-0.4, -0.2) is 46.4 Å². The Morgan fingerprint density at radius 2 is 1.62 bits per heavy atom. The Bertz CT molecular complexity index is 850. The number of phenols is 1. The van der Waals surface area contributed by atoms with Crippen molar-refractivity contribution in [3.63, 3.8) is 0 Å². The number of anilines is 1. The molecule has 0 bridgehead atoms. The number of rotatable bonds is 4. The number of aromatic nitrogens is 2. The Kier molecular flexibility index (Phi) is 4.58. The van der Waals surface area contributed by atoms with E-state index in [-0.39, 0.29) is 0 Å². The van der Waals surface area contributed by atoms with Crippen LogP contribution in [0.3, 0.4) is 0 Å². The van der Waals surface area contributed by atoms with E-state index in [9.17, 15) is 5.11 Å². The zero-order chi connectivity index (χ0) is 17.9. The maximum Gasteiger partial charge on any atom is 0.247 e. The number of hydrogen-bond donors (Lipinski definition) is 1. The molecule has 2 aromatic carbocycles. The van der Waals surface area contributed by atoms with E-state index in [2.05, 4.69) is 26.9 Å². The topological polar surface area (TPSA) is 65.6 Å². The molecule has 134 valence electrons. The van der Waals surface area contributed by atoms with Crippen LogP contribution in [0.5, 0.6) is 5.75 Å². The van der Waals surface area contributed by atoms with Gasteiger partial charge in [-0.2, -0.15) is 0 Å². The summed E-state index contributed by atoms with van der Waals surface area (Å²) in [6, 6.07) is 15.5. The molecule has 1 saturated heterocycles. The lowest BCUT2D eigenvalue weighted by molar-refractivity contribution is 0.227. The summed E-state index contributed by atoms with van der Waals surface area (Å²) in [7, 11) is 0. The fourth-order valence-corrected chi connectivity index (χ4v) is 3.15. The SMILES string of the molecule is Cc1ccc(-c2nnc(CN3CCN(c4ccc(O)cc4)CC3)o2)cc1. The van der Waals surface area contributed by atoms with Crippen LogP contribution in [-0.2, 0) is 6.54 Å². The van der Waals surface area contributed by atoms with E-state index in [1.54, 1.807) is 12.1 Å². The Morgan fingerprint density at radius 3 is 2.31 bits per heavy atom. The lowest BCUT2D eigenvalue weighted by Crippen LogP contribution is -2.46. The van der Waals surface area contributed by atoms with Gasteiger partial charge in [0.1, 0.15) is 5.75 Å². The second kappa shape index (κ2) is 7.17. The number of benzene rings is 2. The van der Waals surface area contributed by atoms with Gasteiger partial charge in [-0.15, -0.1) is 10.2 Å². The molecule has 0 spiro atoms. The fraction of sp³-hybridized carbons (Fsp3) is 0.300. The van der Waals surface area contributed by atoms with Crippen molar-refractivity contribution in [1.29, 1.82) is 0 Å². The first-order valence-corrected chi connectivity index (χ1v) is 8.83. The maximum atomic E-state index is 9.41. The van der Waals surface area contributed by atoms with E-state index in [0.717, 1.165) is 37.4 Å². The summed E-state index contributed by atoms with van der Waals surface area (Å²) < 4.78 is 5.83. The van der Waals surface area contributed by atoms with Gasteiger partial charge < -0.3 is 14.4 Å². The van der Waals surface area contributed by atoms with Crippen molar-refractivity contribution < 1.29 is 9.52 Å². The van der Waals surface area contributed by atoms with Crippen LogP contribution in [0.1, 0.15) is 11.5 Å². The number of nitrogens with zero attached hydrogens (tertiary/aromatic N) is 4. The van der Waals surface area contributed by atoms with Crippen molar-refractivity contribution in [3.8, 4) is 17.2 Å². The summed E-state index contributed by atoms with van der Waals surface area (Å²) in [5.41, 5.74) is 3.30. The molecule has 0 amide bonds. The maximum absolute atomic E-state index is 9.41. The van der Waals surface area contributed by atoms with Crippen LogP contribution in [0.4, 0.5) is 5.69 Å². The van der Waals surface area contributed by atoms with Crippen LogP contribution in [0, 0.1) is 6.92 Å². The van der Waals surface area contributed by atoms with Crippen LogP contribution in [0.15, 0.2) is 52.9 Å². The molecular weight excluding hydrogens is 328 g/mol. The van der Waals surface area contributed by atoms with Gasteiger partial charge in [0.05, 0.1) is 6.54 Å². The van der Waals surface area contributed by atoms with Gasteiger partial charge in [-0.25, -0.2) is 0 Å². The molecule has 6 heteroatoms. The minimum Gasteiger partial charge on any atom is -0.508 e. The highest BCUT2D eigenvalue weighted by Crippen LogP contribution is 2.21. The molecule has 3 aromatic rings. The minimum absolute atomic E-state index is 0.299. The van der Waals surface area contributed by atoms with E-state index in [4.69, 9.17) is 4.42 Å². The predicted molar refractivity (Wildman–Crippen MR) is 100 cm³/mol. The van der Waals surface area contributed by atoms with Crippen molar-refractivity contribution in [2.75, 3.05) is 31.1 Å². The summed E-state index contributed by atoms with van der Waals surface area (Å²) in [5, 5.41) is 17.8. The highest BCUT2D eigenvalue weighted by atomic mass is 16.4. The molecule has 6 nitrogen and oxygen atoms in total. The molecule has 1 aromatic heterocycles. The van der Waals surface area contributed by atoms with Crippen LogP contribution in [0.2, 0.25) is 0 Å². The third-order valence-corrected chi connectivity index (χ3v) is 4.71. The highest BCUT2D eigenvalue weighted by Gasteiger charge is 2.19. The average molecular weight is 350 g/mol. The number of hydrogen-bond acceptors (Lipinski definition) is 6. The third-order valence-electron chi connectivity index (χ3n) is 4.71. The molecule has 0 radical (unpaired) electrons. The van der Waals surface area contributed by atoms with E-state index in [0.29, 0.717) is 24.1 Å². The van der Waals surface area contributed by atoms with Gasteiger partial charge in [-0.1, -0.05) is 17.7 Å². The summed E-state index contributed by atoms with van der Waals surface area (Å²) in [6.07, 6.45) is 0. The molecule has 0 aliphatic carbocycles. The fourth-order valence-electron chi connectivity index (χ4n) is 3.15. The predicted octanol–water partition coefficient (Wildman–Crippen LogP) is 3.07. The monoisotopic (exact) mass is 350 g/mol. The summed E-state index contributed by atoms with van der Waals surface area (Å²) >= 11 is 0. The van der Waals surface area contributed by atoms with Crippen molar-refractivity contribution in [2.45, 2.75) is 13.5 Å². The molecule has 0 unspecified atom stereocenters. The van der Waals surface area contributed by atoms with Gasteiger partial charge in [0.25, 0.3) is 0 Å². The molecule has 4 rings (SSSR count). The van der Waals surface area contributed by atoms with Gasteiger partial charge in [-0.3, -0.25) is 4.90 Å². The van der Waals surface area contributed by atoms with Crippen LogP contribution in [0.25, 0.3) is 11.5 Å². The van der Waals surface area contributed by atoms with Crippen molar-refractivity contribution in [2.24, 2.45) is 0 Å². The Balaban J connectivity index is 1.34. The van der Waals surface area contributed by atoms with Gasteiger partial charge in [0.2, 0.25) is 11.8 Å². The van der Waals surface area contributed by atoms with Gasteiger partial charge >= 0.3 is 0 Å². The highest BCUT2D eigenvalue weighted by molar-refractivity contribution is 5.53. The third kappa shape index (κ3) is 3.70. The summed E-state index contributed by atoms with van der Waals surface area (Å²) in [4.78, 5) is 4.64. The van der Waals surface area contributed by atoms with E-state index in [1.807, 2.05) is 36.4 Å². The van der Waals surface area contributed by atoms with Crippen molar-refractivity contribution >= 4 is 5.69 Å². The zero-order valence-corrected chi connectivity index (χ0v) is 14.8. The van der Waals surface area contributed by atoms with Crippen LogP contribution < -0.4 is 4.90 Å². The van der Waals surface area contributed by atoms with Crippen molar-refractivity contribution in [3.05, 3.63) is 60.0 Å². The largest absolute Gasteiger partial charge is 0.508 e. The first-order chi connectivity index (χ1) is 12.7. The molecule has 26 heavy (non-hydrogen) atoms. The lowest BCUT2D eigenvalue weighted by atomic mass is 10.1. The Labute approximate surface area is 152 Å². The van der Waals surface area contributed by atoms with E-state index >= 15 is 0 Å². The normalized spacial score (nSPS) is 15.3. The summed E-state index contributed by atoms with van der Waals surface area (Å²) in [5.74, 6) is 1.52. The van der Waals surface area contributed by atoms with Crippen LogP contribution >= 0.6 is 0 Å². The minimum atomic E-state index is 0.299. The lowest BCUT2D eigenvalue weighted by Gasteiger charge is -2.35. The molecular formula is C20H22N4O2.